The topological polar surface area (TPSA) is 74.8 Å². The molecule has 8 heteroatoms. The summed E-state index contributed by atoms with van der Waals surface area (Å²) in [5.74, 6) is -2.71. The smallest absolute Gasteiger partial charge is 0.257 e. The first kappa shape index (κ1) is 19.3. The Labute approximate surface area is 169 Å². The molecule has 0 bridgehead atoms. The van der Waals surface area contributed by atoms with E-state index < -0.39 is 29.0 Å². The molecule has 29 heavy (non-hydrogen) atoms. The van der Waals surface area contributed by atoms with Crippen LogP contribution in [0.1, 0.15) is 34.6 Å². The number of anilines is 1. The zero-order valence-corrected chi connectivity index (χ0v) is 16.3. The van der Waals surface area contributed by atoms with Gasteiger partial charge in [0.1, 0.15) is 5.82 Å². The Morgan fingerprint density at radius 1 is 1.14 bits per heavy atom. The predicted molar refractivity (Wildman–Crippen MR) is 107 cm³/mol. The Balaban J connectivity index is 1.70. The number of hydrogen-bond acceptors (Lipinski definition) is 4. The van der Waals surface area contributed by atoms with E-state index in [1.54, 1.807) is 0 Å². The van der Waals surface area contributed by atoms with E-state index in [0.29, 0.717) is 10.9 Å². The molecule has 0 saturated heterocycles. The number of aromatic nitrogens is 2. The van der Waals surface area contributed by atoms with E-state index in [1.807, 2.05) is 31.2 Å². The summed E-state index contributed by atoms with van der Waals surface area (Å²) in [5.41, 5.74) is 1.84. The second-order valence-electron chi connectivity index (χ2n) is 6.80. The van der Waals surface area contributed by atoms with Crippen molar-refractivity contribution in [3.63, 3.8) is 0 Å². The van der Waals surface area contributed by atoms with E-state index in [4.69, 9.17) is 0 Å². The Hall–Kier alpha value is -3.00. The number of nitrogens with zero attached hydrogens (tertiary/aromatic N) is 1. The van der Waals surface area contributed by atoms with E-state index >= 15 is 0 Å². The average molecular weight is 413 g/mol. The number of hydrogen-bond donors (Lipinski definition) is 2. The van der Waals surface area contributed by atoms with Crippen LogP contribution in [0.2, 0.25) is 0 Å². The van der Waals surface area contributed by atoms with Crippen molar-refractivity contribution in [1.82, 2.24) is 9.97 Å². The number of aryl methyl sites for hydroxylation is 1. The lowest BCUT2D eigenvalue weighted by Crippen LogP contribution is -2.31. The lowest BCUT2D eigenvalue weighted by Gasteiger charge is -2.24. The van der Waals surface area contributed by atoms with Gasteiger partial charge in [0, 0.05) is 18.1 Å². The van der Waals surface area contributed by atoms with Crippen LogP contribution in [-0.2, 0) is 10.5 Å². The molecule has 1 aromatic heterocycles. The van der Waals surface area contributed by atoms with E-state index in [0.717, 1.165) is 17.2 Å². The van der Waals surface area contributed by atoms with E-state index in [9.17, 15) is 18.4 Å². The van der Waals surface area contributed by atoms with Gasteiger partial charge >= 0.3 is 0 Å². The summed E-state index contributed by atoms with van der Waals surface area (Å²) in [6.45, 7) is 2.00. The number of thioether (sulfide) groups is 1. The van der Waals surface area contributed by atoms with Gasteiger partial charge in [0.25, 0.3) is 5.56 Å². The van der Waals surface area contributed by atoms with Crippen molar-refractivity contribution in [3.8, 4) is 0 Å². The molecule has 1 aliphatic heterocycles. The van der Waals surface area contributed by atoms with Crippen molar-refractivity contribution in [1.29, 1.82) is 0 Å². The van der Waals surface area contributed by atoms with Gasteiger partial charge in [0.05, 0.1) is 5.56 Å². The summed E-state index contributed by atoms with van der Waals surface area (Å²) in [6.07, 6.45) is -0.159. The Morgan fingerprint density at radius 2 is 1.93 bits per heavy atom. The molecule has 0 aliphatic carbocycles. The third kappa shape index (κ3) is 3.80. The number of H-pyrrole nitrogens is 1. The van der Waals surface area contributed by atoms with Crippen molar-refractivity contribution >= 4 is 23.5 Å². The molecule has 1 amide bonds. The van der Waals surface area contributed by atoms with Crippen molar-refractivity contribution in [2.45, 2.75) is 30.2 Å². The third-order valence-electron chi connectivity index (χ3n) is 4.91. The highest BCUT2D eigenvalue weighted by molar-refractivity contribution is 7.98. The molecule has 148 valence electrons. The van der Waals surface area contributed by atoms with Crippen LogP contribution in [0.4, 0.5) is 14.6 Å². The van der Waals surface area contributed by atoms with E-state index in [2.05, 4.69) is 15.3 Å². The Morgan fingerprint density at radius 3 is 2.72 bits per heavy atom. The van der Waals surface area contributed by atoms with Crippen molar-refractivity contribution in [2.75, 3.05) is 5.32 Å². The van der Waals surface area contributed by atoms with Crippen LogP contribution in [0.5, 0.6) is 0 Å². The van der Waals surface area contributed by atoms with Gasteiger partial charge in [-0.2, -0.15) is 0 Å². The lowest BCUT2D eigenvalue weighted by molar-refractivity contribution is -0.116. The van der Waals surface area contributed by atoms with Gasteiger partial charge in [0.15, 0.2) is 16.8 Å². The molecule has 1 unspecified atom stereocenters. The number of rotatable bonds is 4. The molecule has 3 aromatic rings. The van der Waals surface area contributed by atoms with Crippen LogP contribution in [0.15, 0.2) is 52.4 Å². The molecule has 1 aliphatic rings. The maximum absolute atomic E-state index is 14.3. The second-order valence-corrected chi connectivity index (χ2v) is 7.76. The van der Waals surface area contributed by atoms with E-state index in [1.165, 1.54) is 23.9 Å². The summed E-state index contributed by atoms with van der Waals surface area (Å²) < 4.78 is 28.0. The zero-order valence-electron chi connectivity index (χ0n) is 15.5. The molecule has 5 nitrogen and oxygen atoms in total. The first-order valence-electron chi connectivity index (χ1n) is 8.99. The van der Waals surface area contributed by atoms with Crippen LogP contribution < -0.4 is 10.9 Å². The minimum absolute atomic E-state index is 0.0336. The quantitative estimate of drug-likeness (QED) is 0.498. The largest absolute Gasteiger partial charge is 0.310 e. The molecular weight excluding hydrogens is 396 g/mol. The van der Waals surface area contributed by atoms with Gasteiger partial charge < -0.3 is 10.3 Å². The third-order valence-corrected chi connectivity index (χ3v) is 5.83. The van der Waals surface area contributed by atoms with Crippen molar-refractivity contribution in [2.24, 2.45) is 0 Å². The molecule has 0 fully saturated rings. The number of benzene rings is 2. The minimum atomic E-state index is -1.06. The highest BCUT2D eigenvalue weighted by Gasteiger charge is 2.33. The summed E-state index contributed by atoms with van der Waals surface area (Å²) in [7, 11) is 0. The van der Waals surface area contributed by atoms with Gasteiger partial charge in [0.2, 0.25) is 5.91 Å². The number of nitrogens with one attached hydrogen (secondary N) is 2. The molecule has 1 atom stereocenters. The number of aromatic amines is 1. The number of carbonyl (C=O) groups is 1. The minimum Gasteiger partial charge on any atom is -0.310 e. The number of fused-ring (bicyclic) bond motifs is 1. The number of halogens is 2. The summed E-state index contributed by atoms with van der Waals surface area (Å²) in [6, 6.07) is 11.6. The number of amides is 1. The summed E-state index contributed by atoms with van der Waals surface area (Å²) >= 11 is 1.33. The first-order chi connectivity index (χ1) is 13.9. The molecule has 2 aromatic carbocycles. The Bertz CT molecular complexity index is 1160. The predicted octanol–water partition coefficient (Wildman–Crippen LogP) is 4.12. The fraction of sp³-hybridized carbons (Fsp3) is 0.190. The van der Waals surface area contributed by atoms with Gasteiger partial charge in [-0.1, -0.05) is 48.2 Å². The standard InChI is InChI=1S/C21H17F2N3O2S/c1-11-5-2-3-6-12(11)10-29-21-25-19-17(20(28)26-21)14(9-16(27)24-19)13-7-4-8-15(22)18(13)23/h2-8,14H,9-10H2,1H3,(H2,24,25,26,27,28). The monoisotopic (exact) mass is 413 g/mol. The molecule has 2 heterocycles. The summed E-state index contributed by atoms with van der Waals surface area (Å²) in [4.78, 5) is 32.0. The molecule has 0 spiro atoms. The Kier molecular flexibility index (Phi) is 5.19. The fourth-order valence-electron chi connectivity index (χ4n) is 3.39. The molecule has 2 N–H and O–H groups in total. The molecule has 0 radical (unpaired) electrons. The maximum Gasteiger partial charge on any atom is 0.257 e. The number of carbonyl (C=O) groups excluding carboxylic acids is 1. The highest BCUT2D eigenvalue weighted by Crippen LogP contribution is 2.36. The maximum atomic E-state index is 14.3. The van der Waals surface area contributed by atoms with Crippen LogP contribution in [-0.4, -0.2) is 15.9 Å². The zero-order chi connectivity index (χ0) is 20.5. The van der Waals surface area contributed by atoms with Crippen LogP contribution in [0, 0.1) is 18.6 Å². The highest BCUT2D eigenvalue weighted by atomic mass is 32.2. The second kappa shape index (κ2) is 7.79. The van der Waals surface area contributed by atoms with Gasteiger partial charge in [-0.05, 0) is 29.7 Å². The first-order valence-corrected chi connectivity index (χ1v) is 9.98. The van der Waals surface area contributed by atoms with Gasteiger partial charge in [-0.15, -0.1) is 0 Å². The summed E-state index contributed by atoms with van der Waals surface area (Å²) in [5, 5.41) is 2.93. The molecular formula is C21H17F2N3O2S. The van der Waals surface area contributed by atoms with Crippen molar-refractivity contribution < 1.29 is 13.6 Å². The molecule has 0 saturated carbocycles. The van der Waals surface area contributed by atoms with Crippen molar-refractivity contribution in [3.05, 3.63) is 86.7 Å². The van der Waals surface area contributed by atoms with Crippen LogP contribution in [0.3, 0.4) is 0 Å². The average Bonchev–Trinajstić information content (AvgIpc) is 2.68. The lowest BCUT2D eigenvalue weighted by atomic mass is 9.86. The fourth-order valence-corrected chi connectivity index (χ4v) is 4.33. The van der Waals surface area contributed by atoms with E-state index in [-0.39, 0.29) is 23.4 Å². The van der Waals surface area contributed by atoms with Gasteiger partial charge in [-0.3, -0.25) is 9.59 Å². The van der Waals surface area contributed by atoms with Gasteiger partial charge in [-0.25, -0.2) is 13.8 Å². The molecule has 4 rings (SSSR count). The normalized spacial score (nSPS) is 15.7. The van der Waals surface area contributed by atoms with Crippen LogP contribution >= 0.6 is 11.8 Å². The van der Waals surface area contributed by atoms with Crippen LogP contribution in [0.25, 0.3) is 0 Å². The SMILES string of the molecule is Cc1ccccc1CSc1nc2c(c(=O)[nH]1)C(c1cccc(F)c1F)CC(=O)N2.